The number of benzene rings is 1. The first kappa shape index (κ1) is 16.0. The Bertz CT molecular complexity index is 335. The summed E-state index contributed by atoms with van der Waals surface area (Å²) in [7, 11) is 1.69. The van der Waals surface area contributed by atoms with Gasteiger partial charge in [-0.1, -0.05) is 19.1 Å². The van der Waals surface area contributed by atoms with Crippen molar-refractivity contribution in [3.05, 3.63) is 29.8 Å². The quantitative estimate of drug-likeness (QED) is 0.744. The zero-order chi connectivity index (χ0) is 14.1. The monoisotopic (exact) mass is 265 g/mol. The molecule has 1 aromatic carbocycles. The molecule has 0 aliphatic carbocycles. The van der Waals surface area contributed by atoms with Gasteiger partial charge in [0.25, 0.3) is 0 Å². The molecule has 1 N–H and O–H groups in total. The topological polar surface area (TPSA) is 30.5 Å². The van der Waals surface area contributed by atoms with Crippen molar-refractivity contribution in [2.75, 3.05) is 20.3 Å². The molecule has 0 bridgehead atoms. The van der Waals surface area contributed by atoms with Crippen molar-refractivity contribution in [3.8, 4) is 5.75 Å². The van der Waals surface area contributed by atoms with E-state index in [1.807, 2.05) is 12.1 Å². The Morgan fingerprint density at radius 3 is 2.37 bits per heavy atom. The highest BCUT2D eigenvalue weighted by molar-refractivity contribution is 5.27. The van der Waals surface area contributed by atoms with Gasteiger partial charge in [0.1, 0.15) is 5.75 Å². The van der Waals surface area contributed by atoms with Crippen molar-refractivity contribution >= 4 is 0 Å². The predicted octanol–water partition coefficient (Wildman–Crippen LogP) is 3.03. The highest BCUT2D eigenvalue weighted by Crippen LogP contribution is 2.13. The van der Waals surface area contributed by atoms with E-state index >= 15 is 0 Å². The Kier molecular flexibility index (Phi) is 7.53. The molecule has 0 amide bonds. The second kappa shape index (κ2) is 8.94. The van der Waals surface area contributed by atoms with Gasteiger partial charge in [0.2, 0.25) is 0 Å². The van der Waals surface area contributed by atoms with E-state index in [-0.39, 0.29) is 0 Å². The first-order valence-electron chi connectivity index (χ1n) is 7.13. The minimum atomic E-state index is 0.294. The van der Waals surface area contributed by atoms with E-state index in [0.29, 0.717) is 12.1 Å². The summed E-state index contributed by atoms with van der Waals surface area (Å²) in [5.41, 5.74) is 1.34. The maximum absolute atomic E-state index is 5.70. The summed E-state index contributed by atoms with van der Waals surface area (Å²) >= 11 is 0. The average Bonchev–Trinajstić information content (AvgIpc) is 2.42. The van der Waals surface area contributed by atoms with Gasteiger partial charge >= 0.3 is 0 Å². The van der Waals surface area contributed by atoms with Crippen LogP contribution >= 0.6 is 0 Å². The fourth-order valence-electron chi connectivity index (χ4n) is 1.97. The van der Waals surface area contributed by atoms with Gasteiger partial charge < -0.3 is 14.8 Å². The summed E-state index contributed by atoms with van der Waals surface area (Å²) in [5, 5.41) is 3.48. The number of hydrogen-bond acceptors (Lipinski definition) is 3. The minimum Gasteiger partial charge on any atom is -0.497 e. The average molecular weight is 265 g/mol. The minimum absolute atomic E-state index is 0.294. The second-order valence-corrected chi connectivity index (χ2v) is 5.02. The molecule has 0 fully saturated rings. The van der Waals surface area contributed by atoms with Gasteiger partial charge in [-0.05, 0) is 50.9 Å². The normalized spacial score (nSPS) is 12.7. The van der Waals surface area contributed by atoms with Crippen LogP contribution in [0.1, 0.15) is 32.8 Å². The van der Waals surface area contributed by atoms with Crippen molar-refractivity contribution < 1.29 is 9.47 Å². The number of rotatable bonds is 9. The lowest BCUT2D eigenvalue weighted by atomic mass is 10.1. The highest BCUT2D eigenvalue weighted by atomic mass is 16.5. The molecule has 19 heavy (non-hydrogen) atoms. The molecule has 3 nitrogen and oxygen atoms in total. The van der Waals surface area contributed by atoms with Crippen LogP contribution in [0.5, 0.6) is 5.75 Å². The molecule has 0 heterocycles. The fourth-order valence-corrected chi connectivity index (χ4v) is 1.97. The Hall–Kier alpha value is -1.06. The molecule has 0 aromatic heterocycles. The third kappa shape index (κ3) is 6.60. The van der Waals surface area contributed by atoms with Crippen LogP contribution in [0.4, 0.5) is 0 Å². The van der Waals surface area contributed by atoms with Gasteiger partial charge in [0.05, 0.1) is 19.8 Å². The molecule has 3 heteroatoms. The van der Waals surface area contributed by atoms with Crippen LogP contribution in [0.3, 0.4) is 0 Å². The Morgan fingerprint density at radius 1 is 1.16 bits per heavy atom. The van der Waals surface area contributed by atoms with E-state index in [0.717, 1.165) is 31.7 Å². The van der Waals surface area contributed by atoms with Gasteiger partial charge in [-0.15, -0.1) is 0 Å². The van der Waals surface area contributed by atoms with Crippen molar-refractivity contribution in [2.24, 2.45) is 0 Å². The van der Waals surface area contributed by atoms with E-state index in [9.17, 15) is 0 Å². The number of hydrogen-bond donors (Lipinski definition) is 1. The van der Waals surface area contributed by atoms with E-state index < -0.39 is 0 Å². The van der Waals surface area contributed by atoms with Crippen molar-refractivity contribution in [1.29, 1.82) is 0 Å². The summed E-state index contributed by atoms with van der Waals surface area (Å²) in [6.45, 7) is 8.05. The smallest absolute Gasteiger partial charge is 0.118 e. The molecular weight excluding hydrogens is 238 g/mol. The predicted molar refractivity (Wildman–Crippen MR) is 79.9 cm³/mol. The first-order valence-corrected chi connectivity index (χ1v) is 7.13. The highest BCUT2D eigenvalue weighted by Gasteiger charge is 2.09. The second-order valence-electron chi connectivity index (χ2n) is 5.02. The summed E-state index contributed by atoms with van der Waals surface area (Å²) in [6, 6.07) is 8.72. The summed E-state index contributed by atoms with van der Waals surface area (Å²) in [6.07, 6.45) is 2.44. The number of methoxy groups -OCH3 is 1. The number of ether oxygens (including phenoxy) is 2. The lowest BCUT2D eigenvalue weighted by molar-refractivity contribution is 0.0599. The van der Waals surface area contributed by atoms with E-state index in [2.05, 4.69) is 38.2 Å². The summed E-state index contributed by atoms with van der Waals surface area (Å²) in [4.78, 5) is 0. The van der Waals surface area contributed by atoms with Gasteiger partial charge in [0, 0.05) is 6.04 Å². The van der Waals surface area contributed by atoms with Crippen LogP contribution in [0.2, 0.25) is 0 Å². The molecule has 0 spiro atoms. The van der Waals surface area contributed by atoms with Crippen LogP contribution in [0.15, 0.2) is 24.3 Å². The molecule has 1 aromatic rings. The maximum atomic E-state index is 5.70. The zero-order valence-corrected chi connectivity index (χ0v) is 12.6. The van der Waals surface area contributed by atoms with Gasteiger partial charge in [-0.2, -0.15) is 0 Å². The van der Waals surface area contributed by atoms with Gasteiger partial charge in [-0.25, -0.2) is 0 Å². The zero-order valence-electron chi connectivity index (χ0n) is 12.6. The lowest BCUT2D eigenvalue weighted by Crippen LogP contribution is -2.34. The van der Waals surface area contributed by atoms with Crippen LogP contribution in [-0.4, -0.2) is 32.4 Å². The lowest BCUT2D eigenvalue weighted by Gasteiger charge is -2.19. The van der Waals surface area contributed by atoms with Crippen LogP contribution < -0.4 is 10.1 Å². The number of aryl methyl sites for hydroxylation is 1. The Morgan fingerprint density at radius 2 is 1.84 bits per heavy atom. The third-order valence-electron chi connectivity index (χ3n) is 3.06. The van der Waals surface area contributed by atoms with Crippen molar-refractivity contribution in [1.82, 2.24) is 5.32 Å². The molecule has 1 atom stereocenters. The first-order chi connectivity index (χ1) is 9.15. The largest absolute Gasteiger partial charge is 0.497 e. The van der Waals surface area contributed by atoms with Crippen LogP contribution in [0, 0.1) is 0 Å². The van der Waals surface area contributed by atoms with Crippen LogP contribution in [-0.2, 0) is 11.2 Å². The van der Waals surface area contributed by atoms with Gasteiger partial charge in [-0.3, -0.25) is 0 Å². The Labute approximate surface area is 117 Å². The molecule has 0 radical (unpaired) electrons. The summed E-state index contributed by atoms with van der Waals surface area (Å²) < 4.78 is 10.9. The molecule has 0 aliphatic rings. The van der Waals surface area contributed by atoms with E-state index in [1.165, 1.54) is 5.56 Å². The Balaban J connectivity index is 2.40. The van der Waals surface area contributed by atoms with Crippen molar-refractivity contribution in [2.45, 2.75) is 45.8 Å². The summed E-state index contributed by atoms with van der Waals surface area (Å²) in [5.74, 6) is 0.912. The molecule has 108 valence electrons. The van der Waals surface area contributed by atoms with E-state index in [1.54, 1.807) is 7.11 Å². The molecule has 0 saturated heterocycles. The maximum Gasteiger partial charge on any atom is 0.118 e. The number of likely N-dealkylation sites (N-methyl/N-ethyl adjacent to an activating group) is 1. The van der Waals surface area contributed by atoms with Crippen molar-refractivity contribution in [3.63, 3.8) is 0 Å². The van der Waals surface area contributed by atoms with Crippen LogP contribution in [0.25, 0.3) is 0 Å². The third-order valence-corrected chi connectivity index (χ3v) is 3.06. The SMILES string of the molecule is CCNC(CCc1ccc(OC)cc1)COC(C)C. The fraction of sp³-hybridized carbons (Fsp3) is 0.625. The standard InChI is InChI=1S/C16H27NO2/c1-5-17-15(12-19-13(2)3)9-6-14-7-10-16(18-4)11-8-14/h7-8,10-11,13,15,17H,5-6,9,12H2,1-4H3. The molecule has 0 saturated carbocycles. The van der Waals surface area contributed by atoms with E-state index in [4.69, 9.17) is 9.47 Å². The molecule has 0 aliphatic heterocycles. The number of nitrogens with one attached hydrogen (secondary N) is 1. The molecule has 1 unspecified atom stereocenters. The molecule has 1 rings (SSSR count). The van der Waals surface area contributed by atoms with Gasteiger partial charge in [0.15, 0.2) is 0 Å². The molecular formula is C16H27NO2.